The third-order valence-corrected chi connectivity index (χ3v) is 5.16. The fraction of sp³-hybridized carbons (Fsp3) is 0.286. The van der Waals surface area contributed by atoms with Crippen LogP contribution in [0, 0.1) is 0 Å². The molecule has 1 saturated heterocycles. The lowest BCUT2D eigenvalue weighted by Gasteiger charge is -2.27. The number of fused-ring (bicyclic) bond motifs is 1. The van der Waals surface area contributed by atoms with Crippen LogP contribution in [0.4, 0.5) is 11.4 Å². The minimum absolute atomic E-state index is 0.0379. The molecule has 2 aliphatic rings. The van der Waals surface area contributed by atoms with E-state index in [1.165, 1.54) is 0 Å². The molecule has 2 aliphatic heterocycles. The number of hydrogen-bond donors (Lipinski definition) is 2. The van der Waals surface area contributed by atoms with Crippen molar-refractivity contribution in [3.05, 3.63) is 59.7 Å². The fourth-order valence-corrected chi connectivity index (χ4v) is 3.55. The molecule has 1 fully saturated rings. The van der Waals surface area contributed by atoms with Crippen LogP contribution in [0.2, 0.25) is 0 Å². The molecule has 9 heteroatoms. The van der Waals surface area contributed by atoms with E-state index in [1.54, 1.807) is 29.2 Å². The lowest BCUT2D eigenvalue weighted by atomic mass is 10.1. The van der Waals surface area contributed by atoms with Crippen molar-refractivity contribution in [3.63, 3.8) is 0 Å². The molecule has 2 heterocycles. The van der Waals surface area contributed by atoms with Crippen molar-refractivity contribution >= 4 is 29.1 Å². The van der Waals surface area contributed by atoms with Crippen molar-refractivity contribution in [3.8, 4) is 0 Å². The first-order chi connectivity index (χ1) is 14.6. The molecular formula is C21H22N4O5. The van der Waals surface area contributed by atoms with Crippen LogP contribution in [-0.4, -0.2) is 61.6 Å². The molecule has 0 saturated carbocycles. The molecule has 3 amide bonds. The van der Waals surface area contributed by atoms with Crippen LogP contribution >= 0.6 is 0 Å². The van der Waals surface area contributed by atoms with Crippen molar-refractivity contribution in [2.45, 2.75) is 6.10 Å². The molecule has 2 aromatic rings. The Morgan fingerprint density at radius 3 is 2.30 bits per heavy atom. The van der Waals surface area contributed by atoms with Gasteiger partial charge in [-0.1, -0.05) is 12.1 Å². The number of nitrogens with one attached hydrogen (secondary N) is 1. The van der Waals surface area contributed by atoms with Gasteiger partial charge in [0.15, 0.2) is 0 Å². The molecule has 1 atom stereocenters. The molecular weight excluding hydrogens is 388 g/mol. The summed E-state index contributed by atoms with van der Waals surface area (Å²) >= 11 is 0. The molecule has 2 aromatic carbocycles. The summed E-state index contributed by atoms with van der Waals surface area (Å²) in [6, 6.07) is 14.1. The zero-order valence-electron chi connectivity index (χ0n) is 16.2. The first-order valence-electron chi connectivity index (χ1n) is 9.61. The molecule has 0 spiro atoms. The maximum Gasteiger partial charge on any atom is 0.261 e. The van der Waals surface area contributed by atoms with Crippen molar-refractivity contribution in [2.75, 3.05) is 43.1 Å². The van der Waals surface area contributed by atoms with Gasteiger partial charge in [-0.25, -0.2) is 5.90 Å². The highest BCUT2D eigenvalue weighted by atomic mass is 16.6. The number of benzene rings is 2. The van der Waals surface area contributed by atoms with Gasteiger partial charge < -0.3 is 15.0 Å². The standard InChI is InChI=1S/C21H22N4O5/c22-30-16(12-25-20(27)17-3-1-2-4-18(17)21(25)28)11-23-14-5-7-15(8-6-14)24-9-10-29-13-19(24)26/h1-8,16,23H,9-13,22H2. The van der Waals surface area contributed by atoms with Crippen LogP contribution in [0.15, 0.2) is 48.5 Å². The van der Waals surface area contributed by atoms with Gasteiger partial charge in [0.1, 0.15) is 12.7 Å². The van der Waals surface area contributed by atoms with Gasteiger partial charge in [-0.05, 0) is 36.4 Å². The molecule has 30 heavy (non-hydrogen) atoms. The Morgan fingerprint density at radius 1 is 1.03 bits per heavy atom. The number of carbonyl (C=O) groups excluding carboxylic acids is 3. The molecule has 3 N–H and O–H groups in total. The summed E-state index contributed by atoms with van der Waals surface area (Å²) in [6.45, 7) is 1.46. The van der Waals surface area contributed by atoms with Gasteiger partial charge >= 0.3 is 0 Å². The number of hydrogen-bond acceptors (Lipinski definition) is 7. The summed E-state index contributed by atoms with van der Waals surface area (Å²) in [4.78, 5) is 44.7. The zero-order valence-corrected chi connectivity index (χ0v) is 16.2. The van der Waals surface area contributed by atoms with Gasteiger partial charge in [-0.15, -0.1) is 0 Å². The summed E-state index contributed by atoms with van der Waals surface area (Å²) in [5.74, 6) is 4.63. The van der Waals surface area contributed by atoms with E-state index < -0.39 is 6.10 Å². The summed E-state index contributed by atoms with van der Waals surface area (Å²) in [6.07, 6.45) is -0.590. The number of imide groups is 1. The highest BCUT2D eigenvalue weighted by Crippen LogP contribution is 2.23. The second-order valence-electron chi connectivity index (χ2n) is 7.05. The van der Waals surface area contributed by atoms with E-state index in [-0.39, 0.29) is 30.9 Å². The minimum atomic E-state index is -0.590. The van der Waals surface area contributed by atoms with E-state index in [4.69, 9.17) is 15.5 Å². The summed E-state index contributed by atoms with van der Waals surface area (Å²) < 4.78 is 5.14. The molecule has 156 valence electrons. The largest absolute Gasteiger partial charge is 0.382 e. The minimum Gasteiger partial charge on any atom is -0.382 e. The first-order valence-corrected chi connectivity index (χ1v) is 9.61. The number of nitrogens with two attached hydrogens (primary N) is 1. The highest BCUT2D eigenvalue weighted by Gasteiger charge is 2.36. The van der Waals surface area contributed by atoms with Crippen molar-refractivity contribution < 1.29 is 24.0 Å². The van der Waals surface area contributed by atoms with Crippen molar-refractivity contribution in [1.82, 2.24) is 4.90 Å². The van der Waals surface area contributed by atoms with E-state index in [0.29, 0.717) is 30.8 Å². The molecule has 0 bridgehead atoms. The monoisotopic (exact) mass is 410 g/mol. The molecule has 9 nitrogen and oxygen atoms in total. The summed E-state index contributed by atoms with van der Waals surface area (Å²) in [5, 5.41) is 3.18. The van der Waals surface area contributed by atoms with Gasteiger partial charge in [0, 0.05) is 24.5 Å². The van der Waals surface area contributed by atoms with E-state index in [9.17, 15) is 14.4 Å². The second kappa shape index (κ2) is 8.62. The number of ether oxygens (including phenoxy) is 1. The van der Waals surface area contributed by atoms with E-state index in [2.05, 4.69) is 5.32 Å². The van der Waals surface area contributed by atoms with Gasteiger partial charge in [0.25, 0.3) is 17.7 Å². The van der Waals surface area contributed by atoms with Crippen LogP contribution < -0.4 is 16.1 Å². The maximum absolute atomic E-state index is 12.5. The molecule has 0 aliphatic carbocycles. The van der Waals surface area contributed by atoms with E-state index in [0.717, 1.165) is 16.3 Å². The smallest absolute Gasteiger partial charge is 0.261 e. The Balaban J connectivity index is 1.35. The van der Waals surface area contributed by atoms with E-state index >= 15 is 0 Å². The van der Waals surface area contributed by atoms with E-state index in [1.807, 2.05) is 24.3 Å². The van der Waals surface area contributed by atoms with Gasteiger partial charge in [-0.2, -0.15) is 0 Å². The van der Waals surface area contributed by atoms with Crippen molar-refractivity contribution in [2.24, 2.45) is 5.90 Å². The highest BCUT2D eigenvalue weighted by molar-refractivity contribution is 6.21. The lowest BCUT2D eigenvalue weighted by molar-refractivity contribution is -0.125. The summed E-state index contributed by atoms with van der Waals surface area (Å²) in [7, 11) is 0. The van der Waals surface area contributed by atoms with Crippen LogP contribution in [0.25, 0.3) is 0 Å². The number of morpholine rings is 1. The quantitative estimate of drug-likeness (QED) is 0.517. The number of anilines is 2. The fourth-order valence-electron chi connectivity index (χ4n) is 3.55. The third kappa shape index (κ3) is 3.90. The number of amides is 3. The number of carbonyl (C=O) groups is 3. The SMILES string of the molecule is NOC(CNc1ccc(N2CCOCC2=O)cc1)CN1C(=O)c2ccccc2C1=O. The van der Waals surface area contributed by atoms with Crippen LogP contribution in [-0.2, 0) is 14.4 Å². The molecule has 0 radical (unpaired) electrons. The second-order valence-corrected chi connectivity index (χ2v) is 7.05. The average molecular weight is 410 g/mol. The van der Waals surface area contributed by atoms with Gasteiger partial charge in [-0.3, -0.25) is 24.1 Å². The van der Waals surface area contributed by atoms with Gasteiger partial charge in [0.05, 0.1) is 24.3 Å². The lowest BCUT2D eigenvalue weighted by Crippen LogP contribution is -2.42. The predicted octanol–water partition coefficient (Wildman–Crippen LogP) is 1.02. The molecule has 0 aromatic heterocycles. The first kappa shape index (κ1) is 20.0. The topological polar surface area (TPSA) is 114 Å². The maximum atomic E-state index is 12.5. The Kier molecular flexibility index (Phi) is 5.75. The third-order valence-electron chi connectivity index (χ3n) is 5.16. The Morgan fingerprint density at radius 2 is 1.70 bits per heavy atom. The molecule has 4 rings (SSSR count). The predicted molar refractivity (Wildman–Crippen MR) is 109 cm³/mol. The summed E-state index contributed by atoms with van der Waals surface area (Å²) in [5.41, 5.74) is 2.37. The number of rotatable bonds is 7. The van der Waals surface area contributed by atoms with Crippen LogP contribution in [0.1, 0.15) is 20.7 Å². The van der Waals surface area contributed by atoms with Crippen LogP contribution in [0.3, 0.4) is 0 Å². The van der Waals surface area contributed by atoms with Crippen molar-refractivity contribution in [1.29, 1.82) is 0 Å². The average Bonchev–Trinajstić information content (AvgIpc) is 3.02. The van der Waals surface area contributed by atoms with Gasteiger partial charge in [0.2, 0.25) is 0 Å². The zero-order chi connectivity index (χ0) is 21.1. The Hall–Kier alpha value is -3.27. The van der Waals surface area contributed by atoms with Crippen LogP contribution in [0.5, 0.6) is 0 Å². The normalized spacial score (nSPS) is 17.3. The number of nitrogens with zero attached hydrogens (tertiary/aromatic N) is 2. The Labute approximate surface area is 173 Å². The molecule has 1 unspecified atom stereocenters. The Bertz CT molecular complexity index is 927.